The van der Waals surface area contributed by atoms with Gasteiger partial charge < -0.3 is 15.0 Å². The van der Waals surface area contributed by atoms with Gasteiger partial charge in [-0.25, -0.2) is 0 Å². The summed E-state index contributed by atoms with van der Waals surface area (Å²) in [6.07, 6.45) is 3.50. The molecule has 23 heavy (non-hydrogen) atoms. The standard InChI is InChI=1S/C19H26N2O2/c1-19(2,3)23-17-12-18(22)21(15-9-10-20-13-15)16(17)11-14-7-5-4-6-8-14/h4-8,12,15-16,20H,9-11,13H2,1-3H3/t15?,16-/m0/s1. The highest BCUT2D eigenvalue weighted by Gasteiger charge is 2.40. The third kappa shape index (κ3) is 3.75. The van der Waals surface area contributed by atoms with Gasteiger partial charge in [-0.1, -0.05) is 30.3 Å². The number of nitrogens with zero attached hydrogens (tertiary/aromatic N) is 1. The maximum absolute atomic E-state index is 12.6. The van der Waals surface area contributed by atoms with Gasteiger partial charge in [0.05, 0.1) is 6.04 Å². The molecule has 1 saturated heterocycles. The molecule has 1 N–H and O–H groups in total. The average Bonchev–Trinajstić information content (AvgIpc) is 3.08. The van der Waals surface area contributed by atoms with Crippen LogP contribution in [0.15, 0.2) is 42.2 Å². The predicted molar refractivity (Wildman–Crippen MR) is 91.0 cm³/mol. The van der Waals surface area contributed by atoms with Crippen molar-refractivity contribution in [3.63, 3.8) is 0 Å². The summed E-state index contributed by atoms with van der Waals surface area (Å²) in [4.78, 5) is 14.6. The normalized spacial score (nSPS) is 24.9. The maximum Gasteiger partial charge on any atom is 0.250 e. The fourth-order valence-corrected chi connectivity index (χ4v) is 3.38. The third-order valence-electron chi connectivity index (χ3n) is 4.31. The summed E-state index contributed by atoms with van der Waals surface area (Å²) < 4.78 is 6.12. The van der Waals surface area contributed by atoms with Crippen molar-refractivity contribution in [1.82, 2.24) is 10.2 Å². The summed E-state index contributed by atoms with van der Waals surface area (Å²) in [6, 6.07) is 10.6. The minimum absolute atomic E-state index is 0.00553. The van der Waals surface area contributed by atoms with Crippen LogP contribution in [0.3, 0.4) is 0 Å². The SMILES string of the molecule is CC(C)(C)OC1=CC(=O)N(C2CCNC2)[C@H]1Cc1ccccc1. The Labute approximate surface area is 138 Å². The van der Waals surface area contributed by atoms with Crippen molar-refractivity contribution in [3.05, 3.63) is 47.7 Å². The van der Waals surface area contributed by atoms with Crippen LogP contribution < -0.4 is 5.32 Å². The summed E-state index contributed by atoms with van der Waals surface area (Å²) in [6.45, 7) is 7.92. The second-order valence-electron chi connectivity index (χ2n) is 7.36. The Morgan fingerprint density at radius 1 is 1.26 bits per heavy atom. The van der Waals surface area contributed by atoms with Crippen molar-refractivity contribution in [1.29, 1.82) is 0 Å². The van der Waals surface area contributed by atoms with E-state index in [2.05, 4.69) is 17.4 Å². The van der Waals surface area contributed by atoms with Gasteiger partial charge in [0, 0.05) is 25.1 Å². The quantitative estimate of drug-likeness (QED) is 0.928. The molecule has 0 aliphatic carbocycles. The van der Waals surface area contributed by atoms with Crippen LogP contribution in [0, 0.1) is 0 Å². The number of hydrogen-bond donors (Lipinski definition) is 1. The molecule has 1 aromatic carbocycles. The number of nitrogens with one attached hydrogen (secondary N) is 1. The smallest absolute Gasteiger partial charge is 0.250 e. The average molecular weight is 314 g/mol. The zero-order valence-electron chi connectivity index (χ0n) is 14.2. The van der Waals surface area contributed by atoms with E-state index in [-0.39, 0.29) is 23.6 Å². The summed E-state index contributed by atoms with van der Waals surface area (Å²) in [5.41, 5.74) is 0.928. The highest BCUT2D eigenvalue weighted by atomic mass is 16.5. The Hall–Kier alpha value is -1.81. The van der Waals surface area contributed by atoms with E-state index < -0.39 is 0 Å². The molecule has 1 amide bonds. The van der Waals surface area contributed by atoms with Crippen molar-refractivity contribution in [2.75, 3.05) is 13.1 Å². The number of carbonyl (C=O) groups excluding carboxylic acids is 1. The second kappa shape index (κ2) is 6.36. The summed E-state index contributed by atoms with van der Waals surface area (Å²) in [7, 11) is 0. The molecule has 0 radical (unpaired) electrons. The molecule has 0 bridgehead atoms. The third-order valence-corrected chi connectivity index (χ3v) is 4.31. The molecule has 124 valence electrons. The monoisotopic (exact) mass is 314 g/mol. The number of hydrogen-bond acceptors (Lipinski definition) is 3. The number of rotatable bonds is 4. The number of amides is 1. The van der Waals surface area contributed by atoms with Crippen molar-refractivity contribution in [2.24, 2.45) is 0 Å². The van der Waals surface area contributed by atoms with Gasteiger partial charge in [-0.2, -0.15) is 0 Å². The molecule has 0 aromatic heterocycles. The van der Waals surface area contributed by atoms with Crippen molar-refractivity contribution in [3.8, 4) is 0 Å². The Kier molecular flexibility index (Phi) is 4.44. The molecule has 0 saturated carbocycles. The first kappa shape index (κ1) is 16.1. The van der Waals surface area contributed by atoms with Crippen LogP contribution in [0.5, 0.6) is 0 Å². The molecule has 2 heterocycles. The first-order valence-corrected chi connectivity index (χ1v) is 8.41. The molecule has 2 aliphatic rings. The Morgan fingerprint density at radius 3 is 2.61 bits per heavy atom. The molecule has 1 aromatic rings. The van der Waals surface area contributed by atoms with Gasteiger partial charge in [-0.05, 0) is 39.3 Å². The van der Waals surface area contributed by atoms with Gasteiger partial charge in [0.1, 0.15) is 11.4 Å². The zero-order valence-corrected chi connectivity index (χ0v) is 14.2. The van der Waals surface area contributed by atoms with Crippen LogP contribution in [0.2, 0.25) is 0 Å². The highest BCUT2D eigenvalue weighted by Crippen LogP contribution is 2.31. The van der Waals surface area contributed by atoms with E-state index in [1.807, 2.05) is 43.9 Å². The molecule has 4 nitrogen and oxygen atoms in total. The minimum Gasteiger partial charge on any atom is -0.490 e. The molecule has 1 unspecified atom stereocenters. The molecule has 0 spiro atoms. The molecule has 2 atom stereocenters. The van der Waals surface area contributed by atoms with Crippen LogP contribution in [-0.4, -0.2) is 41.6 Å². The Balaban J connectivity index is 1.85. The largest absolute Gasteiger partial charge is 0.490 e. The van der Waals surface area contributed by atoms with Crippen molar-refractivity contribution >= 4 is 5.91 Å². The van der Waals surface area contributed by atoms with Crippen LogP contribution in [0.25, 0.3) is 0 Å². The van der Waals surface area contributed by atoms with Gasteiger partial charge in [-0.3, -0.25) is 4.79 Å². The van der Waals surface area contributed by atoms with Gasteiger partial charge in [-0.15, -0.1) is 0 Å². The summed E-state index contributed by atoms with van der Waals surface area (Å²) in [5, 5.41) is 3.36. The van der Waals surface area contributed by atoms with E-state index in [1.54, 1.807) is 6.08 Å². The second-order valence-corrected chi connectivity index (χ2v) is 7.36. The lowest BCUT2D eigenvalue weighted by Crippen LogP contribution is -2.46. The lowest BCUT2D eigenvalue weighted by atomic mass is 10.0. The summed E-state index contributed by atoms with van der Waals surface area (Å²) in [5.74, 6) is 0.886. The van der Waals surface area contributed by atoms with Crippen LogP contribution in [-0.2, 0) is 16.0 Å². The van der Waals surface area contributed by atoms with Crippen LogP contribution in [0.4, 0.5) is 0 Å². The van der Waals surface area contributed by atoms with Gasteiger partial charge in [0.2, 0.25) is 0 Å². The number of carbonyl (C=O) groups is 1. The Morgan fingerprint density at radius 2 is 2.00 bits per heavy atom. The summed E-state index contributed by atoms with van der Waals surface area (Å²) >= 11 is 0. The fourth-order valence-electron chi connectivity index (χ4n) is 3.38. The van der Waals surface area contributed by atoms with Crippen molar-refractivity contribution < 1.29 is 9.53 Å². The number of benzene rings is 1. The van der Waals surface area contributed by atoms with E-state index in [9.17, 15) is 4.79 Å². The first-order valence-electron chi connectivity index (χ1n) is 8.41. The first-order chi connectivity index (χ1) is 10.9. The molecule has 3 rings (SSSR count). The zero-order chi connectivity index (χ0) is 16.4. The van der Waals surface area contributed by atoms with Gasteiger partial charge >= 0.3 is 0 Å². The van der Waals surface area contributed by atoms with E-state index in [4.69, 9.17) is 4.74 Å². The van der Waals surface area contributed by atoms with E-state index in [0.717, 1.165) is 31.7 Å². The number of ether oxygens (including phenoxy) is 1. The molecular weight excluding hydrogens is 288 g/mol. The van der Waals surface area contributed by atoms with E-state index in [1.165, 1.54) is 5.56 Å². The van der Waals surface area contributed by atoms with E-state index in [0.29, 0.717) is 0 Å². The van der Waals surface area contributed by atoms with Crippen LogP contribution >= 0.6 is 0 Å². The van der Waals surface area contributed by atoms with Gasteiger partial charge in [0.25, 0.3) is 5.91 Å². The maximum atomic E-state index is 12.6. The molecule has 2 aliphatic heterocycles. The molecule has 4 heteroatoms. The topological polar surface area (TPSA) is 41.6 Å². The minimum atomic E-state index is -0.301. The van der Waals surface area contributed by atoms with Crippen LogP contribution in [0.1, 0.15) is 32.8 Å². The predicted octanol–water partition coefficient (Wildman–Crippen LogP) is 2.50. The lowest BCUT2D eigenvalue weighted by molar-refractivity contribution is -0.128. The molecule has 1 fully saturated rings. The lowest BCUT2D eigenvalue weighted by Gasteiger charge is -2.34. The van der Waals surface area contributed by atoms with Gasteiger partial charge in [0.15, 0.2) is 0 Å². The van der Waals surface area contributed by atoms with Crippen molar-refractivity contribution in [2.45, 2.75) is 51.3 Å². The highest BCUT2D eigenvalue weighted by molar-refractivity contribution is 5.92. The van der Waals surface area contributed by atoms with E-state index >= 15 is 0 Å². The Bertz CT molecular complexity index is 583. The molecular formula is C19H26N2O2. The fraction of sp³-hybridized carbons (Fsp3) is 0.526.